The van der Waals surface area contributed by atoms with Crippen molar-refractivity contribution >= 4 is 26.7 Å². The van der Waals surface area contributed by atoms with Gasteiger partial charge in [0.2, 0.25) is 0 Å². The number of aliphatic hydroxyl groups is 1. The van der Waals surface area contributed by atoms with Gasteiger partial charge in [-0.1, -0.05) is 47.5 Å². The minimum atomic E-state index is -0.560. The van der Waals surface area contributed by atoms with Gasteiger partial charge in [-0.15, -0.1) is 0 Å². The number of fused-ring (bicyclic) bond motifs is 1. The molecule has 2 unspecified atom stereocenters. The maximum Gasteiger partial charge on any atom is 0.0929 e. The zero-order valence-electron chi connectivity index (χ0n) is 9.78. The van der Waals surface area contributed by atoms with Crippen LogP contribution in [0, 0.1) is 5.92 Å². The van der Waals surface area contributed by atoms with Crippen molar-refractivity contribution in [3.63, 3.8) is 0 Å². The first kappa shape index (κ1) is 11.2. The molecule has 0 radical (unpaired) electrons. The van der Waals surface area contributed by atoms with Crippen LogP contribution in [-0.4, -0.2) is 5.11 Å². The average Bonchev–Trinajstić information content (AvgIpc) is 3.01. The molecule has 1 nitrogen and oxygen atoms in total. The maximum atomic E-state index is 10.5. The van der Waals surface area contributed by atoms with Gasteiger partial charge in [-0.3, -0.25) is 0 Å². The SMILES string of the molecule is CCC1CC1(O)c1ccc2cc(Br)ccc2c1. The van der Waals surface area contributed by atoms with Crippen LogP contribution in [0.2, 0.25) is 0 Å². The van der Waals surface area contributed by atoms with Crippen LogP contribution in [0.3, 0.4) is 0 Å². The molecule has 0 saturated heterocycles. The highest BCUT2D eigenvalue weighted by Crippen LogP contribution is 2.53. The lowest BCUT2D eigenvalue weighted by Crippen LogP contribution is -2.08. The molecule has 2 aromatic rings. The van der Waals surface area contributed by atoms with E-state index in [-0.39, 0.29) is 0 Å². The maximum absolute atomic E-state index is 10.5. The van der Waals surface area contributed by atoms with E-state index in [4.69, 9.17) is 0 Å². The summed E-state index contributed by atoms with van der Waals surface area (Å²) in [6.07, 6.45) is 1.96. The summed E-state index contributed by atoms with van der Waals surface area (Å²) < 4.78 is 1.09. The minimum absolute atomic E-state index is 0.440. The Morgan fingerprint density at radius 2 is 1.94 bits per heavy atom. The van der Waals surface area contributed by atoms with E-state index in [1.54, 1.807) is 0 Å². The molecule has 2 atom stereocenters. The Morgan fingerprint density at radius 1 is 1.24 bits per heavy atom. The quantitative estimate of drug-likeness (QED) is 0.878. The Labute approximate surface area is 110 Å². The summed E-state index contributed by atoms with van der Waals surface area (Å²) in [7, 11) is 0. The van der Waals surface area contributed by atoms with Crippen molar-refractivity contribution in [2.45, 2.75) is 25.4 Å². The van der Waals surface area contributed by atoms with Crippen LogP contribution < -0.4 is 0 Å². The van der Waals surface area contributed by atoms with Crippen molar-refractivity contribution in [1.29, 1.82) is 0 Å². The lowest BCUT2D eigenvalue weighted by Gasteiger charge is -2.11. The molecule has 2 aromatic carbocycles. The van der Waals surface area contributed by atoms with Crippen LogP contribution in [0.5, 0.6) is 0 Å². The lowest BCUT2D eigenvalue weighted by atomic mass is 10.0. The molecule has 0 amide bonds. The standard InChI is InChI=1S/C15H15BrO/c1-2-12-9-15(12,17)13-5-3-11-8-14(16)6-4-10(11)7-13/h3-8,12,17H,2,9H2,1H3. The summed E-state index contributed by atoms with van der Waals surface area (Å²) in [5, 5.41) is 12.9. The molecule has 3 rings (SSSR count). The van der Waals surface area contributed by atoms with E-state index >= 15 is 0 Å². The number of hydrogen-bond acceptors (Lipinski definition) is 1. The third-order valence-electron chi connectivity index (χ3n) is 3.87. The second kappa shape index (κ2) is 3.82. The van der Waals surface area contributed by atoms with E-state index in [0.29, 0.717) is 5.92 Å². The van der Waals surface area contributed by atoms with Crippen LogP contribution in [0.4, 0.5) is 0 Å². The highest BCUT2D eigenvalue weighted by molar-refractivity contribution is 9.10. The van der Waals surface area contributed by atoms with Gasteiger partial charge in [-0.25, -0.2) is 0 Å². The van der Waals surface area contributed by atoms with Crippen LogP contribution >= 0.6 is 15.9 Å². The number of halogens is 1. The zero-order valence-corrected chi connectivity index (χ0v) is 11.4. The normalized spacial score (nSPS) is 27.4. The largest absolute Gasteiger partial charge is 0.385 e. The predicted octanol–water partition coefficient (Wildman–Crippen LogP) is 4.22. The summed E-state index contributed by atoms with van der Waals surface area (Å²) in [5.41, 5.74) is 0.509. The Hall–Kier alpha value is -0.860. The molecule has 1 N–H and O–H groups in total. The van der Waals surface area contributed by atoms with Crippen molar-refractivity contribution in [1.82, 2.24) is 0 Å². The van der Waals surface area contributed by atoms with Gasteiger partial charge >= 0.3 is 0 Å². The van der Waals surface area contributed by atoms with E-state index in [0.717, 1.165) is 22.9 Å². The first-order chi connectivity index (χ1) is 8.13. The van der Waals surface area contributed by atoms with Crippen LogP contribution in [-0.2, 0) is 5.60 Å². The monoisotopic (exact) mass is 290 g/mol. The van der Waals surface area contributed by atoms with E-state index in [1.807, 2.05) is 6.07 Å². The fourth-order valence-electron chi connectivity index (χ4n) is 2.64. The molecule has 2 heteroatoms. The molecule has 1 aliphatic carbocycles. The predicted molar refractivity (Wildman–Crippen MR) is 73.9 cm³/mol. The van der Waals surface area contributed by atoms with Gasteiger partial charge < -0.3 is 5.11 Å². The summed E-state index contributed by atoms with van der Waals surface area (Å²) in [6, 6.07) is 12.5. The molecule has 0 bridgehead atoms. The number of hydrogen-bond donors (Lipinski definition) is 1. The Morgan fingerprint density at radius 3 is 2.65 bits per heavy atom. The fourth-order valence-corrected chi connectivity index (χ4v) is 3.02. The molecule has 0 heterocycles. The molecule has 0 aliphatic heterocycles. The molecule has 17 heavy (non-hydrogen) atoms. The average molecular weight is 291 g/mol. The Balaban J connectivity index is 2.06. The van der Waals surface area contributed by atoms with Gasteiger partial charge in [0, 0.05) is 4.47 Å². The van der Waals surface area contributed by atoms with E-state index in [1.165, 1.54) is 10.8 Å². The highest BCUT2D eigenvalue weighted by Gasteiger charge is 2.52. The molecule has 0 aromatic heterocycles. The second-order valence-corrected chi connectivity index (χ2v) is 5.86. The minimum Gasteiger partial charge on any atom is -0.385 e. The smallest absolute Gasteiger partial charge is 0.0929 e. The zero-order chi connectivity index (χ0) is 12.0. The van der Waals surface area contributed by atoms with Gasteiger partial charge in [-0.2, -0.15) is 0 Å². The molecule has 1 fully saturated rings. The first-order valence-electron chi connectivity index (χ1n) is 6.05. The topological polar surface area (TPSA) is 20.2 Å². The number of benzene rings is 2. The highest BCUT2D eigenvalue weighted by atomic mass is 79.9. The Bertz CT molecular complexity index is 578. The van der Waals surface area contributed by atoms with Gasteiger partial charge in [-0.05, 0) is 46.9 Å². The van der Waals surface area contributed by atoms with Gasteiger partial charge in [0.25, 0.3) is 0 Å². The number of rotatable bonds is 2. The van der Waals surface area contributed by atoms with Crippen molar-refractivity contribution in [3.8, 4) is 0 Å². The molecule has 0 spiro atoms. The molecular formula is C15H15BrO. The second-order valence-electron chi connectivity index (χ2n) is 4.94. The van der Waals surface area contributed by atoms with Crippen molar-refractivity contribution in [2.75, 3.05) is 0 Å². The van der Waals surface area contributed by atoms with Gasteiger partial charge in [0.1, 0.15) is 0 Å². The van der Waals surface area contributed by atoms with Gasteiger partial charge in [0.15, 0.2) is 0 Å². The van der Waals surface area contributed by atoms with Gasteiger partial charge in [0.05, 0.1) is 5.60 Å². The van der Waals surface area contributed by atoms with Crippen LogP contribution in [0.1, 0.15) is 25.3 Å². The fraction of sp³-hybridized carbons (Fsp3) is 0.333. The third-order valence-corrected chi connectivity index (χ3v) is 4.36. The van der Waals surface area contributed by atoms with Crippen LogP contribution in [0.25, 0.3) is 10.8 Å². The summed E-state index contributed by atoms with van der Waals surface area (Å²) in [4.78, 5) is 0. The Kier molecular flexibility index (Phi) is 2.53. The summed E-state index contributed by atoms with van der Waals surface area (Å²) in [6.45, 7) is 2.14. The van der Waals surface area contributed by atoms with Crippen LogP contribution in [0.15, 0.2) is 40.9 Å². The van der Waals surface area contributed by atoms with Crippen molar-refractivity contribution in [3.05, 3.63) is 46.4 Å². The molecule has 1 saturated carbocycles. The van der Waals surface area contributed by atoms with E-state index < -0.39 is 5.60 Å². The lowest BCUT2D eigenvalue weighted by molar-refractivity contribution is 0.130. The van der Waals surface area contributed by atoms with E-state index in [2.05, 4.69) is 53.2 Å². The van der Waals surface area contributed by atoms with Crippen molar-refractivity contribution < 1.29 is 5.11 Å². The molecular weight excluding hydrogens is 276 g/mol. The van der Waals surface area contributed by atoms with Crippen molar-refractivity contribution in [2.24, 2.45) is 5.92 Å². The molecule has 1 aliphatic rings. The van der Waals surface area contributed by atoms with E-state index in [9.17, 15) is 5.11 Å². The summed E-state index contributed by atoms with van der Waals surface area (Å²) >= 11 is 3.47. The summed E-state index contributed by atoms with van der Waals surface area (Å²) in [5.74, 6) is 0.440. The third kappa shape index (κ3) is 1.80. The molecule has 88 valence electrons. The first-order valence-corrected chi connectivity index (χ1v) is 6.85.